The molecule has 0 radical (unpaired) electrons. The SMILES string of the molecule is NC1=NN2C(=CS[C@@H]2c2ccc(O)cc2)S1. The number of nitrogens with zero attached hydrogens (tertiary/aromatic N) is 2. The van der Waals surface area contributed by atoms with Crippen molar-refractivity contribution >= 4 is 28.7 Å². The maximum Gasteiger partial charge on any atom is 0.184 e. The molecule has 16 heavy (non-hydrogen) atoms. The van der Waals surface area contributed by atoms with Crippen LogP contribution in [0.4, 0.5) is 0 Å². The average molecular weight is 251 g/mol. The second-order valence-corrected chi connectivity index (χ2v) is 5.42. The fraction of sp³-hybridized carbons (Fsp3) is 0.100. The first-order chi connectivity index (χ1) is 7.74. The summed E-state index contributed by atoms with van der Waals surface area (Å²) in [6.07, 6.45) is 0. The third-order valence-electron chi connectivity index (χ3n) is 2.34. The molecule has 0 aromatic heterocycles. The van der Waals surface area contributed by atoms with E-state index in [-0.39, 0.29) is 11.1 Å². The first-order valence-corrected chi connectivity index (χ1v) is 6.46. The molecule has 0 aliphatic carbocycles. The predicted molar refractivity (Wildman–Crippen MR) is 67.6 cm³/mol. The quantitative estimate of drug-likeness (QED) is 0.801. The lowest BCUT2D eigenvalue weighted by Gasteiger charge is -2.19. The number of hydrogen-bond acceptors (Lipinski definition) is 6. The molecule has 2 heterocycles. The van der Waals surface area contributed by atoms with Gasteiger partial charge in [-0.3, -0.25) is 0 Å². The molecule has 4 nitrogen and oxygen atoms in total. The van der Waals surface area contributed by atoms with E-state index < -0.39 is 0 Å². The highest BCUT2D eigenvalue weighted by Crippen LogP contribution is 2.49. The van der Waals surface area contributed by atoms with Gasteiger partial charge in [0.25, 0.3) is 0 Å². The van der Waals surface area contributed by atoms with Crippen LogP contribution in [-0.2, 0) is 0 Å². The summed E-state index contributed by atoms with van der Waals surface area (Å²) >= 11 is 3.18. The van der Waals surface area contributed by atoms with Crippen LogP contribution < -0.4 is 5.73 Å². The highest BCUT2D eigenvalue weighted by molar-refractivity contribution is 8.18. The minimum atomic E-state index is 0.129. The van der Waals surface area contributed by atoms with Crippen molar-refractivity contribution in [1.29, 1.82) is 0 Å². The summed E-state index contributed by atoms with van der Waals surface area (Å²) in [5, 5.41) is 19.3. The van der Waals surface area contributed by atoms with Crippen LogP contribution in [0.1, 0.15) is 10.9 Å². The van der Waals surface area contributed by atoms with Crippen molar-refractivity contribution < 1.29 is 5.11 Å². The molecule has 2 aliphatic heterocycles. The summed E-state index contributed by atoms with van der Waals surface area (Å²) in [4.78, 5) is 0. The van der Waals surface area contributed by atoms with Crippen molar-refractivity contribution in [3.05, 3.63) is 40.3 Å². The molecule has 82 valence electrons. The van der Waals surface area contributed by atoms with E-state index in [4.69, 9.17) is 5.73 Å². The summed E-state index contributed by atoms with van der Waals surface area (Å²) in [5.41, 5.74) is 6.78. The number of phenols is 1. The minimum absolute atomic E-state index is 0.129. The molecule has 0 fully saturated rings. The van der Waals surface area contributed by atoms with E-state index in [2.05, 4.69) is 10.5 Å². The molecule has 2 aliphatic rings. The Hall–Kier alpha value is -1.27. The largest absolute Gasteiger partial charge is 0.508 e. The normalized spacial score (nSPS) is 23.0. The number of fused-ring (bicyclic) bond motifs is 1. The standard InChI is InChI=1S/C10H9N3OS2/c11-10-12-13-8(16-10)5-15-9(13)6-1-3-7(14)4-2-6/h1-5,9,14H,(H2,11,12)/t9-/m1/s1. The molecular weight excluding hydrogens is 242 g/mol. The van der Waals surface area contributed by atoms with Crippen LogP contribution in [0.25, 0.3) is 0 Å². The summed E-state index contributed by atoms with van der Waals surface area (Å²) in [7, 11) is 0. The van der Waals surface area contributed by atoms with Crippen molar-refractivity contribution in [3.8, 4) is 5.75 Å². The summed E-state index contributed by atoms with van der Waals surface area (Å²) in [5.74, 6) is 0.277. The van der Waals surface area contributed by atoms with Gasteiger partial charge < -0.3 is 10.8 Å². The molecule has 0 unspecified atom stereocenters. The monoisotopic (exact) mass is 251 g/mol. The Kier molecular flexibility index (Phi) is 2.26. The van der Waals surface area contributed by atoms with Crippen LogP contribution in [0.3, 0.4) is 0 Å². The van der Waals surface area contributed by atoms with E-state index >= 15 is 0 Å². The van der Waals surface area contributed by atoms with Gasteiger partial charge in [0, 0.05) is 5.41 Å². The van der Waals surface area contributed by atoms with E-state index in [0.29, 0.717) is 5.17 Å². The highest BCUT2D eigenvalue weighted by Gasteiger charge is 2.33. The Morgan fingerprint density at radius 3 is 2.81 bits per heavy atom. The predicted octanol–water partition coefficient (Wildman–Crippen LogP) is 2.21. The zero-order valence-corrected chi connectivity index (χ0v) is 9.83. The lowest BCUT2D eigenvalue weighted by molar-refractivity contribution is 0.386. The zero-order chi connectivity index (χ0) is 11.1. The van der Waals surface area contributed by atoms with E-state index in [1.165, 1.54) is 11.8 Å². The van der Waals surface area contributed by atoms with Gasteiger partial charge in [-0.05, 0) is 29.5 Å². The third kappa shape index (κ3) is 1.54. The van der Waals surface area contributed by atoms with Crippen molar-refractivity contribution in [1.82, 2.24) is 5.01 Å². The van der Waals surface area contributed by atoms with Crippen LogP contribution in [0.5, 0.6) is 5.75 Å². The van der Waals surface area contributed by atoms with Gasteiger partial charge in [0.1, 0.15) is 16.2 Å². The Morgan fingerprint density at radius 2 is 2.06 bits per heavy atom. The highest BCUT2D eigenvalue weighted by atomic mass is 32.2. The molecule has 6 heteroatoms. The zero-order valence-electron chi connectivity index (χ0n) is 8.20. The van der Waals surface area contributed by atoms with E-state index in [9.17, 15) is 5.11 Å². The van der Waals surface area contributed by atoms with Gasteiger partial charge in [-0.1, -0.05) is 23.9 Å². The van der Waals surface area contributed by atoms with Gasteiger partial charge in [0.2, 0.25) is 0 Å². The van der Waals surface area contributed by atoms with Crippen molar-refractivity contribution in [2.45, 2.75) is 5.37 Å². The summed E-state index contributed by atoms with van der Waals surface area (Å²) in [6, 6.07) is 7.17. The van der Waals surface area contributed by atoms with Gasteiger partial charge in [-0.2, -0.15) is 0 Å². The summed E-state index contributed by atoms with van der Waals surface area (Å²) in [6.45, 7) is 0. The number of amidine groups is 1. The molecule has 0 saturated heterocycles. The number of rotatable bonds is 1. The fourth-order valence-corrected chi connectivity index (χ4v) is 3.57. The third-order valence-corrected chi connectivity index (χ3v) is 4.38. The van der Waals surface area contributed by atoms with Crippen LogP contribution in [0.2, 0.25) is 0 Å². The number of hydrogen-bond donors (Lipinski definition) is 2. The molecular formula is C10H9N3OS2. The van der Waals surface area contributed by atoms with E-state index in [0.717, 1.165) is 10.6 Å². The minimum Gasteiger partial charge on any atom is -0.508 e. The number of hydrazone groups is 1. The molecule has 0 amide bonds. The maximum atomic E-state index is 9.24. The van der Waals surface area contributed by atoms with Gasteiger partial charge in [-0.15, -0.1) is 5.10 Å². The molecule has 1 aromatic rings. The van der Waals surface area contributed by atoms with Crippen molar-refractivity contribution in [2.75, 3.05) is 0 Å². The van der Waals surface area contributed by atoms with E-state index in [1.54, 1.807) is 23.9 Å². The number of thioether (sulfide) groups is 2. The number of nitrogens with two attached hydrogens (primary N) is 1. The molecule has 1 aromatic carbocycles. The van der Waals surface area contributed by atoms with Gasteiger partial charge >= 0.3 is 0 Å². The molecule has 0 bridgehead atoms. The molecule has 0 saturated carbocycles. The second-order valence-electron chi connectivity index (χ2n) is 3.42. The number of benzene rings is 1. The van der Waals surface area contributed by atoms with Crippen LogP contribution in [0.15, 0.2) is 39.8 Å². The number of phenolic OH excluding ortho intramolecular Hbond substituents is 1. The molecule has 3 N–H and O–H groups in total. The van der Waals surface area contributed by atoms with Gasteiger partial charge in [0.15, 0.2) is 5.17 Å². The van der Waals surface area contributed by atoms with Crippen molar-refractivity contribution in [2.24, 2.45) is 10.8 Å². The molecule has 0 spiro atoms. The Bertz CT molecular complexity index is 483. The second kappa shape index (κ2) is 3.64. The first kappa shape index (κ1) is 9.92. The lowest BCUT2D eigenvalue weighted by atomic mass is 10.2. The number of aromatic hydroxyl groups is 1. The smallest absolute Gasteiger partial charge is 0.184 e. The Morgan fingerprint density at radius 1 is 1.31 bits per heavy atom. The lowest BCUT2D eigenvalue weighted by Crippen LogP contribution is -2.12. The Labute approximate surface area is 101 Å². The topological polar surface area (TPSA) is 61.8 Å². The van der Waals surface area contributed by atoms with E-state index in [1.807, 2.05) is 17.1 Å². The summed E-state index contributed by atoms with van der Waals surface area (Å²) < 4.78 is 0. The Balaban J connectivity index is 1.90. The average Bonchev–Trinajstić information content (AvgIpc) is 2.78. The fourth-order valence-electron chi connectivity index (χ4n) is 1.61. The van der Waals surface area contributed by atoms with Gasteiger partial charge in [-0.25, -0.2) is 5.01 Å². The first-order valence-electron chi connectivity index (χ1n) is 4.70. The van der Waals surface area contributed by atoms with Crippen LogP contribution >= 0.6 is 23.5 Å². The molecule has 3 rings (SSSR count). The van der Waals surface area contributed by atoms with Gasteiger partial charge in [0.05, 0.1) is 0 Å². The van der Waals surface area contributed by atoms with Crippen LogP contribution in [0, 0.1) is 0 Å². The van der Waals surface area contributed by atoms with Crippen molar-refractivity contribution in [3.63, 3.8) is 0 Å². The van der Waals surface area contributed by atoms with Crippen LogP contribution in [-0.4, -0.2) is 15.3 Å². The molecule has 1 atom stereocenters. The maximum absolute atomic E-state index is 9.24.